The molecule has 0 spiro atoms. The van der Waals surface area contributed by atoms with E-state index < -0.39 is 0 Å². The van der Waals surface area contributed by atoms with Gasteiger partial charge >= 0.3 is 5.76 Å². The van der Waals surface area contributed by atoms with E-state index in [9.17, 15) is 4.79 Å². The molecule has 5 heteroatoms. The molecule has 1 N–H and O–H groups in total. The summed E-state index contributed by atoms with van der Waals surface area (Å²) in [5, 5.41) is 3.98. The second-order valence-electron chi connectivity index (χ2n) is 4.80. The first kappa shape index (κ1) is 11.8. The monoisotopic (exact) mass is 266 g/mol. The maximum absolute atomic E-state index is 11.9. The smallest absolute Gasteiger partial charge is 0.408 e. The molecule has 0 amide bonds. The summed E-state index contributed by atoms with van der Waals surface area (Å²) < 4.78 is 6.92. The molecule has 0 bridgehead atoms. The first-order valence-electron chi connectivity index (χ1n) is 6.23. The summed E-state index contributed by atoms with van der Waals surface area (Å²) in [5.74, 6) is 0.189. The van der Waals surface area contributed by atoms with E-state index in [1.807, 2.05) is 0 Å². The highest BCUT2D eigenvalue weighted by atomic mass is 35.5. The molecule has 1 unspecified atom stereocenters. The fraction of sp³-hybridized carbons (Fsp3) is 0.462. The van der Waals surface area contributed by atoms with Crippen LogP contribution in [0.15, 0.2) is 27.4 Å². The van der Waals surface area contributed by atoms with E-state index in [2.05, 4.69) is 5.32 Å². The molecule has 0 saturated carbocycles. The van der Waals surface area contributed by atoms with Crippen molar-refractivity contribution in [1.82, 2.24) is 9.88 Å². The summed E-state index contributed by atoms with van der Waals surface area (Å²) >= 11 is 5.97. The predicted molar refractivity (Wildman–Crippen MR) is 71.1 cm³/mol. The van der Waals surface area contributed by atoms with Gasteiger partial charge < -0.3 is 9.73 Å². The van der Waals surface area contributed by atoms with Crippen molar-refractivity contribution in [2.45, 2.75) is 19.4 Å². The molecule has 96 valence electrons. The summed E-state index contributed by atoms with van der Waals surface area (Å²) in [5.41, 5.74) is 1.39. The average Bonchev–Trinajstić information content (AvgIpc) is 2.67. The van der Waals surface area contributed by atoms with Crippen molar-refractivity contribution in [2.75, 3.05) is 13.1 Å². The van der Waals surface area contributed by atoms with Crippen LogP contribution >= 0.6 is 11.6 Å². The van der Waals surface area contributed by atoms with Crippen LogP contribution in [0.2, 0.25) is 5.02 Å². The highest BCUT2D eigenvalue weighted by Crippen LogP contribution is 2.20. The van der Waals surface area contributed by atoms with E-state index in [4.69, 9.17) is 16.0 Å². The Morgan fingerprint density at radius 3 is 3.17 bits per heavy atom. The Hall–Kier alpha value is -1.26. The average molecular weight is 267 g/mol. The Morgan fingerprint density at radius 2 is 2.39 bits per heavy atom. The number of fused-ring (bicyclic) bond motifs is 1. The van der Waals surface area contributed by atoms with Crippen LogP contribution in [0.3, 0.4) is 0 Å². The topological polar surface area (TPSA) is 47.2 Å². The fourth-order valence-electron chi connectivity index (χ4n) is 2.55. The maximum atomic E-state index is 11.9. The lowest BCUT2D eigenvalue weighted by molar-refractivity contribution is 0.329. The molecular weight excluding hydrogens is 252 g/mol. The molecule has 2 heterocycles. The van der Waals surface area contributed by atoms with Crippen molar-refractivity contribution >= 4 is 22.7 Å². The van der Waals surface area contributed by atoms with Crippen molar-refractivity contribution in [3.63, 3.8) is 0 Å². The molecule has 3 rings (SSSR count). The minimum Gasteiger partial charge on any atom is -0.408 e. The molecule has 18 heavy (non-hydrogen) atoms. The summed E-state index contributed by atoms with van der Waals surface area (Å²) in [6.45, 7) is 2.72. The SMILES string of the molecule is O=c1oc2ccc(Cl)cc2n1CC1CCCNC1. The van der Waals surface area contributed by atoms with Crippen LogP contribution in [0.1, 0.15) is 12.8 Å². The number of piperidine rings is 1. The normalized spacial score (nSPS) is 20.4. The van der Waals surface area contributed by atoms with E-state index in [1.54, 1.807) is 22.8 Å². The van der Waals surface area contributed by atoms with Crippen LogP contribution in [0.5, 0.6) is 0 Å². The zero-order valence-corrected chi connectivity index (χ0v) is 10.7. The summed E-state index contributed by atoms with van der Waals surface area (Å²) in [4.78, 5) is 11.9. The molecular formula is C13H15ClN2O2. The van der Waals surface area contributed by atoms with E-state index in [1.165, 1.54) is 0 Å². The standard InChI is InChI=1S/C13H15ClN2O2/c14-10-3-4-12-11(6-10)16(13(17)18-12)8-9-2-1-5-15-7-9/h3-4,6,9,15H,1-2,5,7-8H2. The van der Waals surface area contributed by atoms with Gasteiger partial charge in [0.1, 0.15) is 0 Å². The van der Waals surface area contributed by atoms with Crippen LogP contribution in [-0.4, -0.2) is 17.7 Å². The molecule has 0 radical (unpaired) electrons. The second-order valence-corrected chi connectivity index (χ2v) is 5.24. The number of hydrogen-bond acceptors (Lipinski definition) is 3. The van der Waals surface area contributed by atoms with E-state index >= 15 is 0 Å². The van der Waals surface area contributed by atoms with E-state index in [-0.39, 0.29) is 5.76 Å². The number of rotatable bonds is 2. The fourth-order valence-corrected chi connectivity index (χ4v) is 2.71. The van der Waals surface area contributed by atoms with Gasteiger partial charge in [0.25, 0.3) is 0 Å². The third kappa shape index (κ3) is 2.18. The molecule has 1 fully saturated rings. The Kier molecular flexibility index (Phi) is 3.14. The van der Waals surface area contributed by atoms with Crippen molar-refractivity contribution in [3.8, 4) is 0 Å². The van der Waals surface area contributed by atoms with Gasteiger partial charge in [0.15, 0.2) is 5.58 Å². The molecule has 1 aromatic heterocycles. The number of hydrogen-bond donors (Lipinski definition) is 1. The van der Waals surface area contributed by atoms with Crippen LogP contribution in [0.25, 0.3) is 11.1 Å². The van der Waals surface area contributed by atoms with Crippen LogP contribution in [0, 0.1) is 5.92 Å². The molecule has 4 nitrogen and oxygen atoms in total. The lowest BCUT2D eigenvalue weighted by atomic mass is 10.00. The van der Waals surface area contributed by atoms with Gasteiger partial charge in [-0.25, -0.2) is 4.79 Å². The lowest BCUT2D eigenvalue weighted by Gasteiger charge is -2.22. The largest absolute Gasteiger partial charge is 0.419 e. The molecule has 1 aromatic carbocycles. The van der Waals surface area contributed by atoms with Gasteiger partial charge in [-0.1, -0.05) is 11.6 Å². The minimum atomic E-state index is -0.294. The highest BCUT2D eigenvalue weighted by Gasteiger charge is 2.17. The number of halogens is 1. The summed E-state index contributed by atoms with van der Waals surface area (Å²) in [6.07, 6.45) is 2.31. The third-order valence-electron chi connectivity index (χ3n) is 3.47. The molecule has 1 atom stereocenters. The van der Waals surface area contributed by atoms with E-state index in [0.717, 1.165) is 31.4 Å². The maximum Gasteiger partial charge on any atom is 0.419 e. The van der Waals surface area contributed by atoms with Crippen LogP contribution < -0.4 is 11.1 Å². The lowest BCUT2D eigenvalue weighted by Crippen LogP contribution is -2.33. The van der Waals surface area contributed by atoms with Crippen molar-refractivity contribution in [2.24, 2.45) is 5.92 Å². The summed E-state index contributed by atoms with van der Waals surface area (Å²) in [6, 6.07) is 5.27. The van der Waals surface area contributed by atoms with Gasteiger partial charge in [-0.15, -0.1) is 0 Å². The molecule has 1 saturated heterocycles. The quantitative estimate of drug-likeness (QED) is 0.907. The Labute approximate surface area is 110 Å². The first-order valence-corrected chi connectivity index (χ1v) is 6.61. The number of benzene rings is 1. The number of nitrogens with zero attached hydrogens (tertiary/aromatic N) is 1. The Bertz CT molecular complexity index is 611. The van der Waals surface area contributed by atoms with Crippen LogP contribution in [-0.2, 0) is 6.54 Å². The third-order valence-corrected chi connectivity index (χ3v) is 3.70. The van der Waals surface area contributed by atoms with Gasteiger partial charge in [-0.3, -0.25) is 4.57 Å². The Balaban J connectivity index is 1.97. The summed E-state index contributed by atoms with van der Waals surface area (Å²) in [7, 11) is 0. The Morgan fingerprint density at radius 1 is 1.50 bits per heavy atom. The van der Waals surface area contributed by atoms with Gasteiger partial charge in [-0.05, 0) is 50.0 Å². The number of oxazole rings is 1. The first-order chi connectivity index (χ1) is 8.74. The van der Waals surface area contributed by atoms with Gasteiger partial charge in [-0.2, -0.15) is 0 Å². The van der Waals surface area contributed by atoms with Gasteiger partial charge in [0, 0.05) is 11.6 Å². The molecule has 1 aliphatic rings. The van der Waals surface area contributed by atoms with Gasteiger partial charge in [0.2, 0.25) is 0 Å². The zero-order valence-electron chi connectivity index (χ0n) is 9.99. The second kappa shape index (κ2) is 4.78. The highest BCUT2D eigenvalue weighted by molar-refractivity contribution is 6.31. The number of aromatic nitrogens is 1. The van der Waals surface area contributed by atoms with Crippen molar-refractivity contribution in [3.05, 3.63) is 33.8 Å². The molecule has 2 aromatic rings. The van der Waals surface area contributed by atoms with Crippen molar-refractivity contribution < 1.29 is 4.42 Å². The molecule has 0 aliphatic carbocycles. The zero-order chi connectivity index (χ0) is 12.5. The number of nitrogens with one attached hydrogen (secondary N) is 1. The van der Waals surface area contributed by atoms with Crippen molar-refractivity contribution in [1.29, 1.82) is 0 Å². The minimum absolute atomic E-state index is 0.294. The van der Waals surface area contributed by atoms with E-state index in [0.29, 0.717) is 23.1 Å². The van der Waals surface area contributed by atoms with Crippen LogP contribution in [0.4, 0.5) is 0 Å². The van der Waals surface area contributed by atoms with Gasteiger partial charge in [0.05, 0.1) is 5.52 Å². The molecule has 1 aliphatic heterocycles. The predicted octanol–water partition coefficient (Wildman–Crippen LogP) is 2.25.